The largest absolute Gasteiger partial charge is 0.456 e. The van der Waals surface area contributed by atoms with Crippen molar-refractivity contribution in [1.82, 2.24) is 4.57 Å². The van der Waals surface area contributed by atoms with Gasteiger partial charge in [-0.25, -0.2) is 0 Å². The van der Waals surface area contributed by atoms with Crippen LogP contribution in [-0.2, 0) is 0 Å². The van der Waals surface area contributed by atoms with Gasteiger partial charge in [-0.1, -0.05) is 127 Å². The van der Waals surface area contributed by atoms with Gasteiger partial charge in [-0.3, -0.25) is 0 Å². The molecule has 0 spiro atoms. The van der Waals surface area contributed by atoms with Gasteiger partial charge in [-0.15, -0.1) is 11.3 Å². The fraction of sp³-hybridized carbons (Fsp3) is 0. The third-order valence-electron chi connectivity index (χ3n) is 11.6. The van der Waals surface area contributed by atoms with E-state index in [0.717, 1.165) is 50.3 Å². The maximum Gasteiger partial charge on any atom is 0.137 e. The summed E-state index contributed by atoms with van der Waals surface area (Å²) in [5, 5.41) is 7.13. The minimum Gasteiger partial charge on any atom is -0.456 e. The normalized spacial score (nSPS) is 11.8. The Morgan fingerprint density at radius 3 is 1.84 bits per heavy atom. The van der Waals surface area contributed by atoms with E-state index in [1.54, 1.807) is 0 Å². The van der Waals surface area contributed by atoms with E-state index in [2.05, 4.69) is 216 Å². The lowest BCUT2D eigenvalue weighted by molar-refractivity contribution is 0.669. The first-order chi connectivity index (χ1) is 28.8. The molecule has 0 saturated carbocycles. The maximum absolute atomic E-state index is 6.75. The molecule has 0 aliphatic heterocycles. The van der Waals surface area contributed by atoms with E-state index in [1.807, 2.05) is 11.3 Å². The lowest BCUT2D eigenvalue weighted by Crippen LogP contribution is -2.10. The zero-order valence-electron chi connectivity index (χ0n) is 31.3. The number of furan rings is 1. The molecule has 0 fully saturated rings. The Labute approximate surface area is 338 Å². The van der Waals surface area contributed by atoms with Gasteiger partial charge in [0.2, 0.25) is 0 Å². The molecular weight excluding hydrogens is 725 g/mol. The summed E-state index contributed by atoms with van der Waals surface area (Å²) in [5.74, 6) is 0. The highest BCUT2D eigenvalue weighted by Crippen LogP contribution is 2.49. The summed E-state index contributed by atoms with van der Waals surface area (Å²) < 4.78 is 11.7. The molecule has 0 saturated heterocycles. The molecule has 4 heteroatoms. The van der Waals surface area contributed by atoms with Crippen LogP contribution in [-0.4, -0.2) is 4.57 Å². The molecular formula is C54H34N2OS. The topological polar surface area (TPSA) is 21.3 Å². The SMILES string of the molecule is c1ccc(-c2ccc3c(c2)oc2cc(N(c4ccc5c(c4)c4ccccc4n5-c4ccccc4)c4ccc(-c5ccccc5)c5sc6ccccc6c45)ccc23)cc1. The van der Waals surface area contributed by atoms with Crippen molar-refractivity contribution >= 4 is 92.3 Å². The van der Waals surface area contributed by atoms with Crippen molar-refractivity contribution in [2.24, 2.45) is 0 Å². The molecule has 0 aliphatic carbocycles. The molecule has 12 rings (SSSR count). The summed E-state index contributed by atoms with van der Waals surface area (Å²) in [5.41, 5.74) is 13.2. The van der Waals surface area contributed by atoms with Gasteiger partial charge in [-0.05, 0) is 95.1 Å². The van der Waals surface area contributed by atoms with Crippen molar-refractivity contribution in [3.63, 3.8) is 0 Å². The quantitative estimate of drug-likeness (QED) is 0.168. The molecule has 0 atom stereocenters. The van der Waals surface area contributed by atoms with E-state index in [1.165, 1.54) is 58.7 Å². The van der Waals surface area contributed by atoms with Gasteiger partial charge in [0.15, 0.2) is 0 Å². The molecule has 0 aliphatic rings. The average Bonchev–Trinajstić information content (AvgIpc) is 3.97. The molecule has 3 heterocycles. The molecule has 0 N–H and O–H groups in total. The van der Waals surface area contributed by atoms with Gasteiger partial charge >= 0.3 is 0 Å². The van der Waals surface area contributed by atoms with E-state index in [4.69, 9.17) is 4.42 Å². The van der Waals surface area contributed by atoms with E-state index in [-0.39, 0.29) is 0 Å². The van der Waals surface area contributed by atoms with E-state index >= 15 is 0 Å². The van der Waals surface area contributed by atoms with Crippen molar-refractivity contribution in [2.45, 2.75) is 0 Å². The number of rotatable bonds is 6. The van der Waals surface area contributed by atoms with Crippen LogP contribution in [0.2, 0.25) is 0 Å². The second-order valence-electron chi connectivity index (χ2n) is 14.9. The molecule has 0 radical (unpaired) electrons. The number of aromatic nitrogens is 1. The van der Waals surface area contributed by atoms with Crippen LogP contribution in [0.3, 0.4) is 0 Å². The van der Waals surface area contributed by atoms with Crippen LogP contribution in [0, 0.1) is 0 Å². The number of nitrogens with zero attached hydrogens (tertiary/aromatic N) is 2. The van der Waals surface area contributed by atoms with Gasteiger partial charge in [-0.2, -0.15) is 0 Å². The summed E-state index contributed by atoms with van der Waals surface area (Å²) >= 11 is 1.87. The number of anilines is 3. The summed E-state index contributed by atoms with van der Waals surface area (Å²) in [6, 6.07) is 74.3. The third kappa shape index (κ3) is 5.12. The third-order valence-corrected chi connectivity index (χ3v) is 12.8. The molecule has 0 amide bonds. The lowest BCUT2D eigenvalue weighted by Gasteiger charge is -2.27. The number of fused-ring (bicyclic) bond motifs is 9. The molecule has 272 valence electrons. The first-order valence-corrected chi connectivity index (χ1v) is 20.5. The Morgan fingerprint density at radius 1 is 0.414 bits per heavy atom. The minimum absolute atomic E-state index is 0.858. The zero-order chi connectivity index (χ0) is 38.2. The van der Waals surface area contributed by atoms with Crippen LogP contribution in [0.5, 0.6) is 0 Å². The van der Waals surface area contributed by atoms with E-state index < -0.39 is 0 Å². The highest BCUT2D eigenvalue weighted by atomic mass is 32.1. The molecule has 12 aromatic rings. The highest BCUT2D eigenvalue weighted by Gasteiger charge is 2.23. The first kappa shape index (κ1) is 32.8. The van der Waals surface area contributed by atoms with Crippen molar-refractivity contribution in [2.75, 3.05) is 4.90 Å². The Kier molecular flexibility index (Phi) is 7.40. The predicted octanol–water partition coefficient (Wildman–Crippen LogP) is 15.9. The molecule has 0 unspecified atom stereocenters. The van der Waals surface area contributed by atoms with Gasteiger partial charge in [0.25, 0.3) is 0 Å². The predicted molar refractivity (Wildman–Crippen MR) is 247 cm³/mol. The van der Waals surface area contributed by atoms with Crippen LogP contribution in [0.1, 0.15) is 0 Å². The Balaban J connectivity index is 1.13. The number of hydrogen-bond donors (Lipinski definition) is 0. The number of benzene rings is 9. The minimum atomic E-state index is 0.858. The Morgan fingerprint density at radius 2 is 1.03 bits per heavy atom. The fourth-order valence-corrected chi connectivity index (χ4v) is 10.2. The van der Waals surface area contributed by atoms with Crippen molar-refractivity contribution in [3.05, 3.63) is 206 Å². The van der Waals surface area contributed by atoms with Crippen molar-refractivity contribution in [3.8, 4) is 27.9 Å². The summed E-state index contributed by atoms with van der Waals surface area (Å²) in [4.78, 5) is 2.44. The standard InChI is InChI=1S/C54H34N2OS/c1-4-14-35(15-5-1)37-24-27-43-44-28-25-40(34-51(44)57-50(43)32-37)55(39-26-30-48-46(33-39)42-20-10-12-22-47(42)56(48)38-18-8-3-9-19-38)49-31-29-41(36-16-6-2-7-17-36)54-53(49)45-21-11-13-23-52(45)58-54/h1-34H. The molecule has 0 bridgehead atoms. The second kappa shape index (κ2) is 13.1. The van der Waals surface area contributed by atoms with Crippen molar-refractivity contribution in [1.29, 1.82) is 0 Å². The van der Waals surface area contributed by atoms with Crippen LogP contribution in [0.4, 0.5) is 17.1 Å². The highest BCUT2D eigenvalue weighted by molar-refractivity contribution is 7.26. The van der Waals surface area contributed by atoms with Gasteiger partial charge < -0.3 is 13.9 Å². The number of thiophene rings is 1. The Hall–Kier alpha value is -7.40. The molecule has 9 aromatic carbocycles. The van der Waals surface area contributed by atoms with Crippen LogP contribution in [0.15, 0.2) is 211 Å². The van der Waals surface area contributed by atoms with Gasteiger partial charge in [0.1, 0.15) is 11.2 Å². The van der Waals surface area contributed by atoms with Crippen LogP contribution < -0.4 is 4.90 Å². The summed E-state index contributed by atoms with van der Waals surface area (Å²) in [7, 11) is 0. The van der Waals surface area contributed by atoms with Crippen molar-refractivity contribution < 1.29 is 4.42 Å². The lowest BCUT2D eigenvalue weighted by atomic mass is 10.00. The molecule has 58 heavy (non-hydrogen) atoms. The zero-order valence-corrected chi connectivity index (χ0v) is 32.2. The van der Waals surface area contributed by atoms with Crippen LogP contribution >= 0.6 is 11.3 Å². The Bertz CT molecular complexity index is 3510. The fourth-order valence-electron chi connectivity index (χ4n) is 8.94. The summed E-state index contributed by atoms with van der Waals surface area (Å²) in [6.07, 6.45) is 0. The first-order valence-electron chi connectivity index (χ1n) is 19.7. The molecule has 3 aromatic heterocycles. The van der Waals surface area contributed by atoms with Gasteiger partial charge in [0.05, 0.1) is 16.7 Å². The number of para-hydroxylation sites is 2. The second-order valence-corrected chi connectivity index (χ2v) is 15.9. The maximum atomic E-state index is 6.75. The van der Waals surface area contributed by atoms with E-state index in [0.29, 0.717) is 0 Å². The average molecular weight is 759 g/mol. The monoisotopic (exact) mass is 758 g/mol. The number of hydrogen-bond acceptors (Lipinski definition) is 3. The van der Waals surface area contributed by atoms with Gasteiger partial charge in [0, 0.05) is 64.8 Å². The smallest absolute Gasteiger partial charge is 0.137 e. The van der Waals surface area contributed by atoms with Crippen LogP contribution in [0.25, 0.3) is 91.9 Å². The van der Waals surface area contributed by atoms with E-state index in [9.17, 15) is 0 Å². The summed E-state index contributed by atoms with van der Waals surface area (Å²) in [6.45, 7) is 0. The molecule has 3 nitrogen and oxygen atoms in total.